The van der Waals surface area contributed by atoms with Gasteiger partial charge in [0.1, 0.15) is 0 Å². The van der Waals surface area contributed by atoms with Gasteiger partial charge in [-0.25, -0.2) is 0 Å². The van der Waals surface area contributed by atoms with Gasteiger partial charge in [0.15, 0.2) is 0 Å². The van der Waals surface area contributed by atoms with Crippen LogP contribution in [0.25, 0.3) is 22.4 Å². The molecule has 6 aromatic rings. The second-order valence-electron chi connectivity index (χ2n) is 17.5. The zero-order chi connectivity index (χ0) is 37.2. The van der Waals surface area contributed by atoms with Crippen LogP contribution < -0.4 is 9.64 Å². The summed E-state index contributed by atoms with van der Waals surface area (Å²) in [6.45, 7) is 23.6. The molecule has 0 N–H and O–H groups in total. The second-order valence-corrected chi connectivity index (χ2v) is 18.5. The number of aromatic nitrogens is 3. The van der Waals surface area contributed by atoms with E-state index >= 15 is 0 Å². The molecule has 4 aromatic carbocycles. The maximum absolute atomic E-state index is 6.86. The molecule has 0 aliphatic carbocycles. The number of rotatable bonds is 5. The molecule has 272 valence electrons. The summed E-state index contributed by atoms with van der Waals surface area (Å²) in [6, 6.07) is 35.4. The number of hydrogen-bond acceptors (Lipinski definition) is 3. The number of benzene rings is 4. The van der Waals surface area contributed by atoms with Crippen molar-refractivity contribution in [1.29, 1.82) is 0 Å². The van der Waals surface area contributed by atoms with Crippen LogP contribution in [-0.2, 0) is 35.6 Å². The number of ether oxygens (including phenoxy) is 1. The van der Waals surface area contributed by atoms with Gasteiger partial charge in [0.25, 0.3) is 0 Å². The molecule has 0 spiro atoms. The first-order valence-corrected chi connectivity index (χ1v) is 19.6. The fourth-order valence-corrected chi connectivity index (χ4v) is 8.29. The van der Waals surface area contributed by atoms with Crippen molar-refractivity contribution in [3.05, 3.63) is 129 Å². The Hall–Kier alpha value is -4.21. The van der Waals surface area contributed by atoms with Crippen molar-refractivity contribution >= 4 is 22.5 Å². The molecule has 1 aliphatic heterocycles. The Morgan fingerprint density at radius 3 is 1.90 bits per heavy atom. The van der Waals surface area contributed by atoms with Crippen LogP contribution in [-0.4, -0.2) is 20.7 Å². The van der Waals surface area contributed by atoms with Crippen molar-refractivity contribution in [2.45, 2.75) is 97.8 Å². The Morgan fingerprint density at radius 2 is 1.27 bits per heavy atom. The van der Waals surface area contributed by atoms with Crippen LogP contribution in [0.15, 0.2) is 103 Å². The summed E-state index contributed by atoms with van der Waals surface area (Å²) in [5.41, 5.74) is 10.9. The predicted octanol–water partition coefficient (Wildman–Crippen LogP) is 12.2. The average molecular weight is 872 g/mol. The number of anilines is 2. The monoisotopic (exact) mass is 871 g/mol. The molecule has 0 bridgehead atoms. The van der Waals surface area contributed by atoms with Gasteiger partial charge in [-0.1, -0.05) is 20.8 Å². The van der Waals surface area contributed by atoms with E-state index in [9.17, 15) is 0 Å². The number of para-hydroxylation sites is 2. The first-order valence-electron chi connectivity index (χ1n) is 18.5. The van der Waals surface area contributed by atoms with E-state index in [4.69, 9.17) is 9.72 Å². The van der Waals surface area contributed by atoms with E-state index in [0.29, 0.717) is 5.92 Å². The third kappa shape index (κ3) is 6.97. The van der Waals surface area contributed by atoms with E-state index in [1.165, 1.54) is 27.9 Å². The van der Waals surface area contributed by atoms with Crippen molar-refractivity contribution in [2.24, 2.45) is 0 Å². The van der Waals surface area contributed by atoms with Crippen LogP contribution >= 0.6 is 0 Å². The van der Waals surface area contributed by atoms with E-state index in [2.05, 4.69) is 200 Å². The molecular weight excluding hydrogens is 820 g/mol. The molecule has 3 heterocycles. The van der Waals surface area contributed by atoms with E-state index < -0.39 is 0 Å². The first kappa shape index (κ1) is 36.2. The summed E-state index contributed by atoms with van der Waals surface area (Å²) in [7, 11) is 0. The minimum absolute atomic E-state index is 0.0450. The van der Waals surface area contributed by atoms with Gasteiger partial charge in [-0.05, 0) is 17.0 Å². The zero-order valence-electron chi connectivity index (χ0n) is 32.3. The molecule has 5 nitrogen and oxygen atoms in total. The molecule has 1 atom stereocenters. The number of hydrogen-bond donors (Lipinski definition) is 0. The molecule has 0 saturated heterocycles. The number of imidazole rings is 1. The molecule has 6 heteroatoms. The molecular formula is C46H52N4OPt. The molecule has 52 heavy (non-hydrogen) atoms. The van der Waals surface area contributed by atoms with Crippen molar-refractivity contribution in [3.63, 3.8) is 0 Å². The Bertz CT molecular complexity index is 2330. The van der Waals surface area contributed by atoms with Gasteiger partial charge < -0.3 is 0 Å². The molecule has 0 fully saturated rings. The summed E-state index contributed by atoms with van der Waals surface area (Å²) in [4.78, 5) is 7.22. The van der Waals surface area contributed by atoms with E-state index in [1.807, 2.05) is 6.20 Å². The van der Waals surface area contributed by atoms with Crippen LogP contribution in [0.2, 0.25) is 0 Å². The zero-order valence-corrected chi connectivity index (χ0v) is 34.6. The molecule has 1 aliphatic rings. The summed E-state index contributed by atoms with van der Waals surface area (Å²) >= 11 is 2.49. The summed E-state index contributed by atoms with van der Waals surface area (Å²) in [5, 5.41) is 0. The summed E-state index contributed by atoms with van der Waals surface area (Å²) in [6.07, 6.45) is 3.03. The van der Waals surface area contributed by atoms with E-state index in [-0.39, 0.29) is 16.2 Å². The predicted molar refractivity (Wildman–Crippen MR) is 213 cm³/mol. The average Bonchev–Trinajstić information content (AvgIpc) is 3.38. The van der Waals surface area contributed by atoms with Gasteiger partial charge >= 0.3 is 278 Å². The number of nitrogens with zero attached hydrogens (tertiary/aromatic N) is 4. The van der Waals surface area contributed by atoms with Crippen molar-refractivity contribution in [1.82, 2.24) is 14.1 Å². The maximum atomic E-state index is 6.86. The Morgan fingerprint density at radius 1 is 0.635 bits per heavy atom. The quantitative estimate of drug-likeness (QED) is 0.173. The molecule has 0 radical (unpaired) electrons. The van der Waals surface area contributed by atoms with Gasteiger partial charge in [0, 0.05) is 6.20 Å². The normalized spacial score (nSPS) is 15.2. The molecule has 0 amide bonds. The van der Waals surface area contributed by atoms with Gasteiger partial charge in [-0.2, -0.15) is 0 Å². The summed E-state index contributed by atoms with van der Waals surface area (Å²) < 4.78 is 12.7. The SMILES string of the molecule is CC1CCN(c2cc(C(C)(C)C)ccn2)c2cc(Oc3cc(-n4[c](=[Pt])n(-c5ccc(C(C)(C)C)cc5)c5ccccc54)cc(C(C)(C)C)c3)ccc21. The minimum atomic E-state index is -0.0900. The van der Waals surface area contributed by atoms with E-state index in [1.54, 1.807) is 0 Å². The Labute approximate surface area is 320 Å². The van der Waals surface area contributed by atoms with Crippen molar-refractivity contribution in [2.75, 3.05) is 11.4 Å². The summed E-state index contributed by atoms with van der Waals surface area (Å²) in [5.74, 6) is 3.09. The number of pyridine rings is 1. The third-order valence-corrected chi connectivity index (χ3v) is 11.5. The third-order valence-electron chi connectivity index (χ3n) is 10.4. The van der Waals surface area contributed by atoms with Crippen LogP contribution in [0.5, 0.6) is 11.5 Å². The topological polar surface area (TPSA) is 35.2 Å². The van der Waals surface area contributed by atoms with E-state index in [0.717, 1.165) is 56.5 Å². The standard InChI is InChI=1S/C46H52N4O.Pt/c1-31-22-24-48(43-27-33(21-23-47-43)45(5,6)7)42-29-37(19-20-39(31)42)51-38-26-34(46(8,9)10)25-36(28-38)50-30-49(40-13-11-12-14-41(40)50)35-17-15-32(16-18-35)44(2,3)4;/h11-21,23,25-29,31H,22,24H2,1-10H3;. The fraction of sp³-hybridized carbons (Fsp3) is 0.348. The second kappa shape index (κ2) is 13.3. The molecule has 0 saturated carbocycles. The van der Waals surface area contributed by atoms with Crippen LogP contribution in [0.1, 0.15) is 104 Å². The number of fused-ring (bicyclic) bond motifs is 2. The van der Waals surface area contributed by atoms with Crippen molar-refractivity contribution < 1.29 is 24.1 Å². The van der Waals surface area contributed by atoms with Gasteiger partial charge in [0.05, 0.1) is 0 Å². The Balaban J connectivity index is 1.32. The molecule has 1 unspecified atom stereocenters. The first-order chi connectivity index (χ1) is 24.5. The van der Waals surface area contributed by atoms with Gasteiger partial charge in [-0.3, -0.25) is 0 Å². The fourth-order valence-electron chi connectivity index (χ4n) is 7.16. The molecule has 7 rings (SSSR count). The molecule has 2 aromatic heterocycles. The van der Waals surface area contributed by atoms with Crippen molar-refractivity contribution in [3.8, 4) is 22.9 Å². The van der Waals surface area contributed by atoms with Crippen LogP contribution in [0.4, 0.5) is 11.5 Å². The van der Waals surface area contributed by atoms with Gasteiger partial charge in [0.2, 0.25) is 0 Å². The van der Waals surface area contributed by atoms with Crippen LogP contribution in [0, 0.1) is 3.80 Å². The van der Waals surface area contributed by atoms with Crippen LogP contribution in [0.3, 0.4) is 0 Å². The Kier molecular flexibility index (Phi) is 9.27. The van der Waals surface area contributed by atoms with Gasteiger partial charge in [-0.15, -0.1) is 0 Å².